The van der Waals surface area contributed by atoms with Gasteiger partial charge in [0.25, 0.3) is 5.91 Å². The number of aromatic carboxylic acids is 1. The zero-order valence-corrected chi connectivity index (χ0v) is 15.6. The summed E-state index contributed by atoms with van der Waals surface area (Å²) in [5, 5.41) is 11.9. The van der Waals surface area contributed by atoms with Gasteiger partial charge in [-0.2, -0.15) is 0 Å². The predicted octanol–water partition coefficient (Wildman–Crippen LogP) is 4.63. The number of hydrogen-bond acceptors (Lipinski definition) is 3. The summed E-state index contributed by atoms with van der Waals surface area (Å²) in [6.07, 6.45) is 0. The number of carbonyl (C=O) groups excluding carboxylic acids is 2. The standard InChI is InChI=1S/C21H14BrNO4/c22-16-9-10-18(17(12-16)21(26)27)23-20(25)15-8-4-7-14(11-15)19(24)13-5-2-1-3-6-13/h1-12H,(H,23,25)(H,26,27). The highest BCUT2D eigenvalue weighted by Crippen LogP contribution is 2.22. The van der Waals surface area contributed by atoms with E-state index in [9.17, 15) is 19.5 Å². The number of carboxylic acids is 1. The topological polar surface area (TPSA) is 83.5 Å². The van der Waals surface area contributed by atoms with E-state index in [2.05, 4.69) is 21.2 Å². The van der Waals surface area contributed by atoms with E-state index >= 15 is 0 Å². The van der Waals surface area contributed by atoms with Gasteiger partial charge >= 0.3 is 5.97 Å². The van der Waals surface area contributed by atoms with E-state index in [1.165, 1.54) is 18.2 Å². The maximum atomic E-state index is 12.6. The van der Waals surface area contributed by atoms with Crippen molar-refractivity contribution in [3.05, 3.63) is 99.5 Å². The van der Waals surface area contributed by atoms with Crippen LogP contribution in [0.15, 0.2) is 77.3 Å². The van der Waals surface area contributed by atoms with Crippen LogP contribution in [0.5, 0.6) is 0 Å². The molecule has 3 aromatic carbocycles. The summed E-state index contributed by atoms with van der Waals surface area (Å²) in [5.74, 6) is -1.85. The van der Waals surface area contributed by atoms with Crippen LogP contribution in [-0.4, -0.2) is 22.8 Å². The zero-order valence-electron chi connectivity index (χ0n) is 14.0. The van der Waals surface area contributed by atoms with Crippen LogP contribution < -0.4 is 5.32 Å². The largest absolute Gasteiger partial charge is 0.478 e. The third-order valence-corrected chi connectivity index (χ3v) is 4.38. The fourth-order valence-corrected chi connectivity index (χ4v) is 2.92. The van der Waals surface area contributed by atoms with Crippen molar-refractivity contribution in [1.82, 2.24) is 0 Å². The molecule has 5 nitrogen and oxygen atoms in total. The average molecular weight is 424 g/mol. The normalized spacial score (nSPS) is 10.3. The van der Waals surface area contributed by atoms with Crippen molar-refractivity contribution in [2.45, 2.75) is 0 Å². The van der Waals surface area contributed by atoms with E-state index in [0.29, 0.717) is 15.6 Å². The molecule has 0 aliphatic carbocycles. The fraction of sp³-hybridized carbons (Fsp3) is 0. The molecule has 0 spiro atoms. The van der Waals surface area contributed by atoms with Crippen molar-refractivity contribution in [2.24, 2.45) is 0 Å². The molecule has 0 unspecified atom stereocenters. The molecule has 0 atom stereocenters. The van der Waals surface area contributed by atoms with Gasteiger partial charge in [-0.3, -0.25) is 9.59 Å². The lowest BCUT2D eigenvalue weighted by Crippen LogP contribution is -2.15. The Kier molecular flexibility index (Phi) is 5.47. The first-order valence-electron chi connectivity index (χ1n) is 8.00. The number of ketones is 1. The van der Waals surface area contributed by atoms with Gasteiger partial charge in [0.15, 0.2) is 5.78 Å². The Bertz CT molecular complexity index is 1030. The average Bonchev–Trinajstić information content (AvgIpc) is 2.69. The minimum atomic E-state index is -1.15. The maximum Gasteiger partial charge on any atom is 0.337 e. The number of halogens is 1. The molecular formula is C21H14BrNO4. The lowest BCUT2D eigenvalue weighted by atomic mass is 10.0. The van der Waals surface area contributed by atoms with E-state index in [1.54, 1.807) is 48.5 Å². The summed E-state index contributed by atoms with van der Waals surface area (Å²) in [6, 6.07) is 19.6. The number of anilines is 1. The molecule has 27 heavy (non-hydrogen) atoms. The number of amides is 1. The third kappa shape index (κ3) is 4.30. The SMILES string of the molecule is O=C(Nc1ccc(Br)cc1C(=O)O)c1cccc(C(=O)c2ccccc2)c1. The number of nitrogens with one attached hydrogen (secondary N) is 1. The van der Waals surface area contributed by atoms with Gasteiger partial charge in [-0.25, -0.2) is 4.79 Å². The highest BCUT2D eigenvalue weighted by molar-refractivity contribution is 9.10. The van der Waals surface area contributed by atoms with Crippen molar-refractivity contribution < 1.29 is 19.5 Å². The Morgan fingerprint density at radius 3 is 2.15 bits per heavy atom. The van der Waals surface area contributed by atoms with Crippen LogP contribution in [-0.2, 0) is 0 Å². The summed E-state index contributed by atoms with van der Waals surface area (Å²) < 4.78 is 0.591. The Morgan fingerprint density at radius 2 is 1.44 bits per heavy atom. The Labute approximate surface area is 163 Å². The zero-order chi connectivity index (χ0) is 19.4. The first-order valence-corrected chi connectivity index (χ1v) is 8.79. The van der Waals surface area contributed by atoms with Crippen molar-refractivity contribution in [1.29, 1.82) is 0 Å². The molecule has 0 aromatic heterocycles. The van der Waals surface area contributed by atoms with E-state index in [1.807, 2.05) is 6.07 Å². The van der Waals surface area contributed by atoms with Crippen LogP contribution in [0.1, 0.15) is 36.6 Å². The predicted molar refractivity (Wildman–Crippen MR) is 105 cm³/mol. The molecule has 0 aliphatic rings. The van der Waals surface area contributed by atoms with Crippen molar-refractivity contribution in [3.8, 4) is 0 Å². The van der Waals surface area contributed by atoms with Gasteiger partial charge in [-0.05, 0) is 30.3 Å². The summed E-state index contributed by atoms with van der Waals surface area (Å²) in [6.45, 7) is 0. The molecule has 0 bridgehead atoms. The first-order chi connectivity index (χ1) is 13.0. The van der Waals surface area contributed by atoms with Gasteiger partial charge in [-0.1, -0.05) is 58.4 Å². The van der Waals surface area contributed by atoms with Crippen LogP contribution in [0.4, 0.5) is 5.69 Å². The molecule has 0 fully saturated rings. The van der Waals surface area contributed by atoms with Crippen LogP contribution >= 0.6 is 15.9 Å². The molecule has 0 heterocycles. The van der Waals surface area contributed by atoms with Crippen LogP contribution in [0.25, 0.3) is 0 Å². The molecule has 2 N–H and O–H groups in total. The van der Waals surface area contributed by atoms with Crippen molar-refractivity contribution in [2.75, 3.05) is 5.32 Å². The monoisotopic (exact) mass is 423 g/mol. The summed E-state index contributed by atoms with van der Waals surface area (Å²) in [4.78, 5) is 36.5. The molecule has 0 saturated heterocycles. The number of rotatable bonds is 5. The lowest BCUT2D eigenvalue weighted by Gasteiger charge is -2.10. The second-order valence-corrected chi connectivity index (χ2v) is 6.64. The fourth-order valence-electron chi connectivity index (χ4n) is 2.55. The second-order valence-electron chi connectivity index (χ2n) is 5.73. The minimum absolute atomic E-state index is 0.0331. The van der Waals surface area contributed by atoms with Crippen molar-refractivity contribution in [3.63, 3.8) is 0 Å². The van der Waals surface area contributed by atoms with E-state index in [4.69, 9.17) is 0 Å². The maximum absolute atomic E-state index is 12.6. The van der Waals surface area contributed by atoms with Crippen LogP contribution in [0, 0.1) is 0 Å². The van der Waals surface area contributed by atoms with Crippen molar-refractivity contribution >= 4 is 39.3 Å². The van der Waals surface area contributed by atoms with Gasteiger partial charge in [0.1, 0.15) is 0 Å². The molecule has 0 radical (unpaired) electrons. The number of carboxylic acid groups (broad SMARTS) is 1. The van der Waals surface area contributed by atoms with Gasteiger partial charge in [-0.15, -0.1) is 0 Å². The summed E-state index contributed by atoms with van der Waals surface area (Å²) in [5.41, 5.74) is 1.31. The molecule has 3 rings (SSSR count). The smallest absolute Gasteiger partial charge is 0.337 e. The van der Waals surface area contributed by atoms with Gasteiger partial charge in [0.05, 0.1) is 11.3 Å². The van der Waals surface area contributed by atoms with Gasteiger partial charge in [0.2, 0.25) is 0 Å². The molecule has 134 valence electrons. The summed E-state index contributed by atoms with van der Waals surface area (Å²) >= 11 is 3.21. The Balaban J connectivity index is 1.87. The highest BCUT2D eigenvalue weighted by atomic mass is 79.9. The third-order valence-electron chi connectivity index (χ3n) is 3.88. The molecule has 3 aromatic rings. The van der Waals surface area contributed by atoms with Gasteiger partial charge in [0, 0.05) is 21.2 Å². The molecule has 1 amide bonds. The molecule has 6 heteroatoms. The quantitative estimate of drug-likeness (QED) is 0.585. The van der Waals surface area contributed by atoms with E-state index in [-0.39, 0.29) is 22.6 Å². The Morgan fingerprint density at radius 1 is 0.778 bits per heavy atom. The number of carbonyl (C=O) groups is 3. The molecule has 0 aliphatic heterocycles. The van der Waals surface area contributed by atoms with E-state index in [0.717, 1.165) is 0 Å². The number of benzene rings is 3. The van der Waals surface area contributed by atoms with E-state index < -0.39 is 11.9 Å². The second kappa shape index (κ2) is 7.97. The van der Waals surface area contributed by atoms with Crippen LogP contribution in [0.3, 0.4) is 0 Å². The first kappa shape index (κ1) is 18.5. The molecular weight excluding hydrogens is 410 g/mol. The highest BCUT2D eigenvalue weighted by Gasteiger charge is 2.16. The summed E-state index contributed by atoms with van der Waals surface area (Å²) in [7, 11) is 0. The minimum Gasteiger partial charge on any atom is -0.478 e. The van der Waals surface area contributed by atoms with Crippen LogP contribution in [0.2, 0.25) is 0 Å². The Hall–Kier alpha value is -3.25. The lowest BCUT2D eigenvalue weighted by molar-refractivity contribution is 0.0697. The molecule has 0 saturated carbocycles. The number of hydrogen-bond donors (Lipinski definition) is 2. The van der Waals surface area contributed by atoms with Gasteiger partial charge < -0.3 is 10.4 Å².